The van der Waals surface area contributed by atoms with Crippen LogP contribution < -0.4 is 15.5 Å². The van der Waals surface area contributed by atoms with Crippen LogP contribution in [0.5, 0.6) is 0 Å². The second-order valence-electron chi connectivity index (χ2n) is 6.09. The first kappa shape index (κ1) is 19.7. The van der Waals surface area contributed by atoms with Crippen LogP contribution in [0.3, 0.4) is 0 Å². The molecule has 0 bridgehead atoms. The van der Waals surface area contributed by atoms with Crippen LogP contribution in [0.25, 0.3) is 0 Å². The van der Waals surface area contributed by atoms with E-state index in [1.165, 1.54) is 17.2 Å². The number of nitrogens with one attached hydrogen (secondary N) is 2. The lowest BCUT2D eigenvalue weighted by molar-refractivity contribution is -0.384. The van der Waals surface area contributed by atoms with Crippen LogP contribution in [0.1, 0.15) is 16.7 Å². The quantitative estimate of drug-likeness (QED) is 0.597. The molecule has 26 heavy (non-hydrogen) atoms. The summed E-state index contributed by atoms with van der Waals surface area (Å²) in [5.41, 5.74) is 4.02. The summed E-state index contributed by atoms with van der Waals surface area (Å²) in [4.78, 5) is 24.4. The SMILES string of the molecule is CN(CC(=O)NCc1ccc2c(c1)CNC2)c1ccccc1[N+](=O)[O-].Cl. The molecule has 2 aromatic carbocycles. The van der Waals surface area contributed by atoms with Crippen molar-refractivity contribution in [3.8, 4) is 0 Å². The second-order valence-corrected chi connectivity index (χ2v) is 6.09. The third-order valence-corrected chi connectivity index (χ3v) is 4.26. The number of carbonyl (C=O) groups excluding carboxylic acids is 1. The summed E-state index contributed by atoms with van der Waals surface area (Å²) in [5, 5.41) is 17.2. The highest BCUT2D eigenvalue weighted by Gasteiger charge is 2.18. The number of hydrogen-bond acceptors (Lipinski definition) is 5. The van der Waals surface area contributed by atoms with Crippen LogP contribution in [-0.4, -0.2) is 24.4 Å². The van der Waals surface area contributed by atoms with E-state index in [1.54, 1.807) is 30.1 Å². The molecule has 0 saturated heterocycles. The van der Waals surface area contributed by atoms with Gasteiger partial charge < -0.3 is 15.5 Å². The van der Waals surface area contributed by atoms with Crippen molar-refractivity contribution in [3.05, 3.63) is 69.3 Å². The van der Waals surface area contributed by atoms with Gasteiger partial charge in [0.15, 0.2) is 0 Å². The molecule has 1 heterocycles. The Bertz CT molecular complexity index is 813. The zero-order chi connectivity index (χ0) is 17.8. The van der Waals surface area contributed by atoms with Crippen molar-refractivity contribution in [3.63, 3.8) is 0 Å². The van der Waals surface area contributed by atoms with Gasteiger partial charge in [-0.1, -0.05) is 30.3 Å². The minimum absolute atomic E-state index is 0. The van der Waals surface area contributed by atoms with Crippen LogP contribution in [0, 0.1) is 10.1 Å². The first-order chi connectivity index (χ1) is 12.0. The van der Waals surface area contributed by atoms with Gasteiger partial charge in [0.1, 0.15) is 5.69 Å². The lowest BCUT2D eigenvalue weighted by atomic mass is 10.1. The van der Waals surface area contributed by atoms with Crippen LogP contribution in [-0.2, 0) is 24.4 Å². The molecule has 2 N–H and O–H groups in total. The number of likely N-dealkylation sites (N-methyl/N-ethyl adjacent to an activating group) is 1. The number of fused-ring (bicyclic) bond motifs is 1. The number of benzene rings is 2. The highest BCUT2D eigenvalue weighted by Crippen LogP contribution is 2.26. The normalized spacial score (nSPS) is 12.0. The minimum atomic E-state index is -0.442. The van der Waals surface area contributed by atoms with Crippen LogP contribution >= 0.6 is 12.4 Å². The number of rotatable bonds is 6. The molecule has 0 saturated carbocycles. The molecule has 0 atom stereocenters. The lowest BCUT2D eigenvalue weighted by Crippen LogP contribution is -2.35. The fourth-order valence-corrected chi connectivity index (χ4v) is 2.96. The molecule has 0 radical (unpaired) electrons. The monoisotopic (exact) mass is 376 g/mol. The summed E-state index contributed by atoms with van der Waals surface area (Å²) in [5.74, 6) is -0.181. The third-order valence-electron chi connectivity index (χ3n) is 4.26. The zero-order valence-electron chi connectivity index (χ0n) is 14.4. The van der Waals surface area contributed by atoms with E-state index in [0.29, 0.717) is 12.2 Å². The van der Waals surface area contributed by atoms with Crippen molar-refractivity contribution in [2.45, 2.75) is 19.6 Å². The number of nitrogens with zero attached hydrogens (tertiary/aromatic N) is 2. The number of hydrogen-bond donors (Lipinski definition) is 2. The molecule has 0 aromatic heterocycles. The highest BCUT2D eigenvalue weighted by molar-refractivity contribution is 5.85. The number of anilines is 1. The fourth-order valence-electron chi connectivity index (χ4n) is 2.96. The Morgan fingerprint density at radius 1 is 1.23 bits per heavy atom. The van der Waals surface area contributed by atoms with E-state index >= 15 is 0 Å². The average molecular weight is 377 g/mol. The third kappa shape index (κ3) is 4.50. The molecule has 1 amide bonds. The fraction of sp³-hybridized carbons (Fsp3) is 0.278. The zero-order valence-corrected chi connectivity index (χ0v) is 15.2. The van der Waals surface area contributed by atoms with E-state index in [-0.39, 0.29) is 30.5 Å². The Balaban J connectivity index is 0.00000243. The minimum Gasteiger partial charge on any atom is -0.360 e. The molecule has 1 aliphatic heterocycles. The Morgan fingerprint density at radius 3 is 2.73 bits per heavy atom. The number of amides is 1. The second kappa shape index (κ2) is 8.64. The number of halogens is 1. The molecule has 8 heteroatoms. The first-order valence-electron chi connectivity index (χ1n) is 8.07. The summed E-state index contributed by atoms with van der Waals surface area (Å²) in [6, 6.07) is 12.6. The molecule has 1 aliphatic rings. The van der Waals surface area contributed by atoms with E-state index in [4.69, 9.17) is 0 Å². The highest BCUT2D eigenvalue weighted by atomic mass is 35.5. The smallest absolute Gasteiger partial charge is 0.292 e. The molecule has 0 aliphatic carbocycles. The Kier molecular flexibility index (Phi) is 6.54. The summed E-state index contributed by atoms with van der Waals surface area (Å²) < 4.78 is 0. The van der Waals surface area contributed by atoms with Gasteiger partial charge in [-0.25, -0.2) is 0 Å². The van der Waals surface area contributed by atoms with Crippen LogP contribution in [0.2, 0.25) is 0 Å². The van der Waals surface area contributed by atoms with E-state index in [1.807, 2.05) is 6.07 Å². The Labute approximate surface area is 157 Å². The van der Waals surface area contributed by atoms with Crippen molar-refractivity contribution < 1.29 is 9.72 Å². The molecule has 0 spiro atoms. The molecular weight excluding hydrogens is 356 g/mol. The van der Waals surface area contributed by atoms with Gasteiger partial charge in [-0.3, -0.25) is 14.9 Å². The van der Waals surface area contributed by atoms with E-state index in [2.05, 4.69) is 22.8 Å². The maximum absolute atomic E-state index is 12.2. The first-order valence-corrected chi connectivity index (χ1v) is 8.07. The summed E-state index contributed by atoms with van der Waals surface area (Å²) in [6.07, 6.45) is 0. The molecule has 3 rings (SSSR count). The van der Waals surface area contributed by atoms with Crippen molar-refractivity contribution >= 4 is 29.7 Å². The van der Waals surface area contributed by atoms with E-state index in [0.717, 1.165) is 18.7 Å². The van der Waals surface area contributed by atoms with Gasteiger partial charge >= 0.3 is 0 Å². The maximum atomic E-state index is 12.2. The number of nitro groups is 1. The predicted octanol–water partition coefficient (Wildman–Crippen LogP) is 2.37. The van der Waals surface area contributed by atoms with Gasteiger partial charge in [0, 0.05) is 32.7 Å². The summed E-state index contributed by atoms with van der Waals surface area (Å²) >= 11 is 0. The maximum Gasteiger partial charge on any atom is 0.292 e. The summed E-state index contributed by atoms with van der Waals surface area (Å²) in [6.45, 7) is 2.24. The number of para-hydroxylation sites is 2. The molecular formula is C18H21ClN4O3. The van der Waals surface area contributed by atoms with Crippen LogP contribution in [0.15, 0.2) is 42.5 Å². The standard InChI is InChI=1S/C18H20N4O3.ClH/c1-21(16-4-2-3-5-17(16)22(24)25)12-18(23)20-9-13-6-7-14-10-19-11-15(14)8-13;/h2-8,19H,9-12H2,1H3,(H,20,23);1H. The van der Waals surface area contributed by atoms with Crippen molar-refractivity contribution in [2.24, 2.45) is 0 Å². The van der Waals surface area contributed by atoms with Crippen molar-refractivity contribution in [1.82, 2.24) is 10.6 Å². The number of carbonyl (C=O) groups is 1. The largest absolute Gasteiger partial charge is 0.360 e. The van der Waals surface area contributed by atoms with Gasteiger partial charge in [0.05, 0.1) is 11.5 Å². The van der Waals surface area contributed by atoms with Crippen LogP contribution in [0.4, 0.5) is 11.4 Å². The molecule has 0 unspecified atom stereocenters. The van der Waals surface area contributed by atoms with Gasteiger partial charge in [0.2, 0.25) is 5.91 Å². The lowest BCUT2D eigenvalue weighted by Gasteiger charge is -2.18. The van der Waals surface area contributed by atoms with Crippen molar-refractivity contribution in [1.29, 1.82) is 0 Å². The molecule has 0 fully saturated rings. The molecule has 2 aromatic rings. The Morgan fingerprint density at radius 2 is 1.96 bits per heavy atom. The van der Waals surface area contributed by atoms with E-state index < -0.39 is 4.92 Å². The average Bonchev–Trinajstić information content (AvgIpc) is 3.07. The summed E-state index contributed by atoms with van der Waals surface area (Å²) in [7, 11) is 1.67. The van der Waals surface area contributed by atoms with Gasteiger partial charge in [-0.2, -0.15) is 0 Å². The van der Waals surface area contributed by atoms with Gasteiger partial charge in [-0.15, -0.1) is 12.4 Å². The van der Waals surface area contributed by atoms with Crippen molar-refractivity contribution in [2.75, 3.05) is 18.5 Å². The van der Waals surface area contributed by atoms with E-state index in [9.17, 15) is 14.9 Å². The van der Waals surface area contributed by atoms with Gasteiger partial charge in [-0.05, 0) is 22.8 Å². The molecule has 7 nitrogen and oxygen atoms in total. The Hall–Kier alpha value is -2.64. The van der Waals surface area contributed by atoms with Gasteiger partial charge in [0.25, 0.3) is 5.69 Å². The number of nitro benzene ring substituents is 1. The molecule has 138 valence electrons. The predicted molar refractivity (Wildman–Crippen MR) is 102 cm³/mol. The topological polar surface area (TPSA) is 87.5 Å².